The van der Waals surface area contributed by atoms with Crippen LogP contribution in [0.1, 0.15) is 18.1 Å². The molecule has 2 rings (SSSR count). The third-order valence-corrected chi connectivity index (χ3v) is 4.08. The summed E-state index contributed by atoms with van der Waals surface area (Å²) in [5, 5.41) is 3.53. The van der Waals surface area contributed by atoms with Gasteiger partial charge in [-0.15, -0.1) is 0 Å². The van der Waals surface area contributed by atoms with Crippen molar-refractivity contribution < 1.29 is 9.59 Å². The number of nitrogens with one attached hydrogen (secondary N) is 1. The van der Waals surface area contributed by atoms with Crippen molar-refractivity contribution in [1.82, 2.24) is 0 Å². The highest BCUT2D eigenvalue weighted by atomic mass is 35.5. The molecule has 0 atom stereocenters. The maximum atomic E-state index is 12.3. The van der Waals surface area contributed by atoms with Crippen molar-refractivity contribution >= 4 is 46.4 Å². The summed E-state index contributed by atoms with van der Waals surface area (Å²) in [6, 6.07) is 10.5. The Bertz CT molecular complexity index is 791. The smallest absolute Gasteiger partial charge is 0.244 e. The zero-order valence-corrected chi connectivity index (χ0v) is 15.2. The van der Waals surface area contributed by atoms with Gasteiger partial charge in [0.15, 0.2) is 0 Å². The molecule has 0 radical (unpaired) electrons. The van der Waals surface area contributed by atoms with Gasteiger partial charge in [-0.05, 0) is 43.7 Å². The van der Waals surface area contributed by atoms with E-state index in [0.29, 0.717) is 21.4 Å². The molecule has 6 heteroatoms. The third-order valence-electron chi connectivity index (χ3n) is 3.53. The molecule has 0 spiro atoms. The van der Waals surface area contributed by atoms with Crippen LogP contribution in [0.25, 0.3) is 0 Å². The summed E-state index contributed by atoms with van der Waals surface area (Å²) in [5.41, 5.74) is 3.19. The Morgan fingerprint density at radius 2 is 1.79 bits per heavy atom. The molecule has 0 fully saturated rings. The van der Waals surface area contributed by atoms with Crippen LogP contribution in [0.2, 0.25) is 10.0 Å². The Balaban J connectivity index is 2.18. The number of hydrogen-bond donors (Lipinski definition) is 1. The van der Waals surface area contributed by atoms with Gasteiger partial charge >= 0.3 is 0 Å². The molecule has 0 unspecified atom stereocenters. The molecule has 4 nitrogen and oxygen atoms in total. The molecule has 0 bridgehead atoms. The molecule has 0 aliphatic heterocycles. The van der Waals surface area contributed by atoms with Gasteiger partial charge < -0.3 is 10.2 Å². The van der Waals surface area contributed by atoms with E-state index in [-0.39, 0.29) is 18.4 Å². The first kappa shape index (κ1) is 18.3. The molecule has 0 aliphatic rings. The fraction of sp³-hybridized carbons (Fsp3) is 0.222. The molecule has 0 saturated carbocycles. The number of anilines is 2. The predicted octanol–water partition coefficient (Wildman–Crippen LogP) is 4.60. The van der Waals surface area contributed by atoms with Gasteiger partial charge in [0.2, 0.25) is 11.8 Å². The Morgan fingerprint density at radius 1 is 1.08 bits per heavy atom. The zero-order valence-electron chi connectivity index (χ0n) is 13.7. The number of carbonyl (C=O) groups excluding carboxylic acids is 2. The lowest BCUT2D eigenvalue weighted by molar-refractivity contribution is -0.120. The molecule has 0 aliphatic carbocycles. The number of nitrogens with zero attached hydrogens (tertiary/aromatic N) is 1. The topological polar surface area (TPSA) is 49.4 Å². The summed E-state index contributed by atoms with van der Waals surface area (Å²) >= 11 is 11.9. The largest absolute Gasteiger partial charge is 0.323 e. The van der Waals surface area contributed by atoms with E-state index in [0.717, 1.165) is 11.1 Å². The summed E-state index contributed by atoms with van der Waals surface area (Å²) in [4.78, 5) is 25.7. The van der Waals surface area contributed by atoms with Crippen molar-refractivity contribution in [3.63, 3.8) is 0 Å². The number of rotatable bonds is 4. The molecular formula is C18H18Cl2N2O2. The van der Waals surface area contributed by atoms with E-state index in [4.69, 9.17) is 23.2 Å². The molecule has 2 aromatic carbocycles. The van der Waals surface area contributed by atoms with Crippen LogP contribution in [0.5, 0.6) is 0 Å². The summed E-state index contributed by atoms with van der Waals surface area (Å²) in [7, 11) is 0. The first-order valence-corrected chi connectivity index (χ1v) is 8.14. The van der Waals surface area contributed by atoms with Crippen LogP contribution in [0.4, 0.5) is 11.4 Å². The van der Waals surface area contributed by atoms with E-state index in [1.807, 2.05) is 32.0 Å². The summed E-state index contributed by atoms with van der Waals surface area (Å²) in [5.74, 6) is -0.547. The van der Waals surface area contributed by atoms with Crippen LogP contribution >= 0.6 is 23.2 Å². The van der Waals surface area contributed by atoms with E-state index in [9.17, 15) is 9.59 Å². The number of amides is 2. The van der Waals surface area contributed by atoms with Crippen LogP contribution in [-0.2, 0) is 9.59 Å². The van der Waals surface area contributed by atoms with Crippen LogP contribution in [0.15, 0.2) is 36.4 Å². The minimum Gasteiger partial charge on any atom is -0.323 e. The Hall–Kier alpha value is -2.04. The van der Waals surface area contributed by atoms with Crippen LogP contribution in [-0.4, -0.2) is 18.4 Å². The van der Waals surface area contributed by atoms with Gasteiger partial charge in [0, 0.05) is 17.6 Å². The number of halogens is 2. The van der Waals surface area contributed by atoms with Gasteiger partial charge in [-0.2, -0.15) is 0 Å². The average molecular weight is 365 g/mol. The van der Waals surface area contributed by atoms with Crippen LogP contribution in [0.3, 0.4) is 0 Å². The highest BCUT2D eigenvalue weighted by Crippen LogP contribution is 2.26. The van der Waals surface area contributed by atoms with E-state index in [2.05, 4.69) is 5.32 Å². The first-order chi connectivity index (χ1) is 11.3. The quantitative estimate of drug-likeness (QED) is 0.861. The normalized spacial score (nSPS) is 10.4. The third kappa shape index (κ3) is 4.49. The van der Waals surface area contributed by atoms with E-state index < -0.39 is 0 Å². The van der Waals surface area contributed by atoms with Gasteiger partial charge in [-0.1, -0.05) is 40.9 Å². The highest BCUT2D eigenvalue weighted by Gasteiger charge is 2.18. The van der Waals surface area contributed by atoms with Crippen molar-refractivity contribution in [2.75, 3.05) is 16.8 Å². The van der Waals surface area contributed by atoms with Crippen molar-refractivity contribution in [1.29, 1.82) is 0 Å². The van der Waals surface area contributed by atoms with E-state index in [1.165, 1.54) is 11.8 Å². The minimum atomic E-state index is -0.339. The lowest BCUT2D eigenvalue weighted by Crippen LogP contribution is -2.37. The number of carbonyl (C=O) groups is 2. The molecular weight excluding hydrogens is 347 g/mol. The van der Waals surface area contributed by atoms with Crippen molar-refractivity contribution in [3.05, 3.63) is 57.6 Å². The maximum absolute atomic E-state index is 12.3. The van der Waals surface area contributed by atoms with Gasteiger partial charge in [0.25, 0.3) is 0 Å². The van der Waals surface area contributed by atoms with Gasteiger partial charge in [-0.3, -0.25) is 9.59 Å². The van der Waals surface area contributed by atoms with Crippen LogP contribution < -0.4 is 10.2 Å². The predicted molar refractivity (Wildman–Crippen MR) is 99.0 cm³/mol. The lowest BCUT2D eigenvalue weighted by atomic mass is 10.1. The highest BCUT2D eigenvalue weighted by molar-refractivity contribution is 6.36. The van der Waals surface area contributed by atoms with E-state index >= 15 is 0 Å². The molecule has 0 aromatic heterocycles. The Kier molecular flexibility index (Phi) is 5.86. The van der Waals surface area contributed by atoms with Gasteiger partial charge in [-0.25, -0.2) is 0 Å². The SMILES string of the molecule is CC(=O)N(CC(=O)Nc1ccc(Cl)cc1Cl)c1ccc(C)cc1C. The average Bonchev–Trinajstić information content (AvgIpc) is 2.48. The van der Waals surface area contributed by atoms with Crippen molar-refractivity contribution in [3.8, 4) is 0 Å². The monoisotopic (exact) mass is 364 g/mol. The molecule has 2 amide bonds. The summed E-state index contributed by atoms with van der Waals surface area (Å²) in [6.07, 6.45) is 0. The molecule has 0 saturated heterocycles. The second-order valence-electron chi connectivity index (χ2n) is 5.57. The maximum Gasteiger partial charge on any atom is 0.244 e. The summed E-state index contributed by atoms with van der Waals surface area (Å²) < 4.78 is 0. The second kappa shape index (κ2) is 7.69. The number of benzene rings is 2. The molecule has 1 N–H and O–H groups in total. The van der Waals surface area contributed by atoms with Crippen LogP contribution in [0, 0.1) is 13.8 Å². The standard InChI is InChI=1S/C18H18Cl2N2O2/c1-11-4-7-17(12(2)8-11)22(13(3)23)10-18(24)21-16-6-5-14(19)9-15(16)20/h4-9H,10H2,1-3H3,(H,21,24). The minimum absolute atomic E-state index is 0.0990. The molecule has 0 heterocycles. The fourth-order valence-electron chi connectivity index (χ4n) is 2.40. The van der Waals surface area contributed by atoms with Gasteiger partial charge in [0.1, 0.15) is 6.54 Å². The molecule has 2 aromatic rings. The Labute approximate surface area is 151 Å². The lowest BCUT2D eigenvalue weighted by Gasteiger charge is -2.23. The first-order valence-electron chi connectivity index (χ1n) is 7.38. The second-order valence-corrected chi connectivity index (χ2v) is 6.41. The summed E-state index contributed by atoms with van der Waals surface area (Å²) in [6.45, 7) is 5.22. The number of hydrogen-bond acceptors (Lipinski definition) is 2. The molecule has 126 valence electrons. The van der Waals surface area contributed by atoms with E-state index in [1.54, 1.807) is 18.2 Å². The fourth-order valence-corrected chi connectivity index (χ4v) is 2.85. The van der Waals surface area contributed by atoms with Gasteiger partial charge in [0.05, 0.1) is 10.7 Å². The van der Waals surface area contributed by atoms with Crippen molar-refractivity contribution in [2.45, 2.75) is 20.8 Å². The Morgan fingerprint density at radius 3 is 2.38 bits per heavy atom. The zero-order chi connectivity index (χ0) is 17.9. The molecule has 24 heavy (non-hydrogen) atoms. The van der Waals surface area contributed by atoms with Crippen molar-refractivity contribution in [2.24, 2.45) is 0 Å². The number of aryl methyl sites for hydroxylation is 2.